The van der Waals surface area contributed by atoms with Gasteiger partial charge >= 0.3 is 5.69 Å². The van der Waals surface area contributed by atoms with Crippen molar-refractivity contribution >= 4 is 0 Å². The third-order valence-electron chi connectivity index (χ3n) is 3.23. The van der Waals surface area contributed by atoms with E-state index in [2.05, 4.69) is 4.98 Å². The van der Waals surface area contributed by atoms with Gasteiger partial charge in [0.25, 0.3) is 5.56 Å². The summed E-state index contributed by atoms with van der Waals surface area (Å²) in [6.45, 7) is 3.72. The highest BCUT2D eigenvalue weighted by molar-refractivity contribution is 5.05. The maximum Gasteiger partial charge on any atom is 0.330 e. The minimum absolute atomic E-state index is 0.302. The van der Waals surface area contributed by atoms with E-state index in [9.17, 15) is 14.7 Å². The number of aliphatic hydroxyl groups is 1. The molecule has 0 radical (unpaired) electrons. The van der Waals surface area contributed by atoms with Gasteiger partial charge in [-0.1, -0.05) is 13.3 Å². The topological polar surface area (TPSA) is 84.3 Å². The molecule has 1 aliphatic rings. The monoisotopic (exact) mass is 254 g/mol. The number of ether oxygens (including phenoxy) is 1. The average molecular weight is 254 g/mol. The molecular formula is C12H18N2O4. The first-order valence-corrected chi connectivity index (χ1v) is 6.20. The molecule has 100 valence electrons. The fourth-order valence-electron chi connectivity index (χ4n) is 2.16. The molecular weight excluding hydrogens is 236 g/mol. The molecule has 0 amide bonds. The van der Waals surface area contributed by atoms with Gasteiger partial charge in [0, 0.05) is 18.2 Å². The van der Waals surface area contributed by atoms with E-state index in [1.54, 1.807) is 13.1 Å². The van der Waals surface area contributed by atoms with Crippen molar-refractivity contribution in [3.05, 3.63) is 32.6 Å². The van der Waals surface area contributed by atoms with Crippen LogP contribution in [0.3, 0.4) is 0 Å². The Morgan fingerprint density at radius 2 is 2.28 bits per heavy atom. The minimum Gasteiger partial charge on any atom is -0.390 e. The summed E-state index contributed by atoms with van der Waals surface area (Å²) in [4.78, 5) is 25.6. The molecule has 1 aliphatic heterocycles. The third kappa shape index (κ3) is 2.39. The van der Waals surface area contributed by atoms with Crippen molar-refractivity contribution in [2.45, 2.75) is 51.5 Å². The Balaban J connectivity index is 2.36. The molecule has 0 aliphatic carbocycles. The zero-order chi connectivity index (χ0) is 13.3. The number of hydrogen-bond donors (Lipinski definition) is 2. The standard InChI is InChI=1S/C12H18N2O4/c1-3-4-8-6-14(12(17)13-11(8)16)10-5-9(15)7(2)18-10/h6-7,9-10,15H,3-5H2,1-2H3,(H,13,16,17)/t7-,9+,10-/m1/s1. The lowest BCUT2D eigenvalue weighted by atomic mass is 10.2. The van der Waals surface area contributed by atoms with E-state index in [0.29, 0.717) is 18.4 Å². The van der Waals surface area contributed by atoms with Crippen molar-refractivity contribution in [3.8, 4) is 0 Å². The first-order valence-electron chi connectivity index (χ1n) is 6.20. The largest absolute Gasteiger partial charge is 0.390 e. The number of aliphatic hydroxyl groups excluding tert-OH is 1. The molecule has 0 saturated carbocycles. The second kappa shape index (κ2) is 5.07. The predicted octanol–water partition coefficient (Wildman–Crippen LogP) is 0.157. The Labute approximate surface area is 104 Å². The van der Waals surface area contributed by atoms with Gasteiger partial charge < -0.3 is 9.84 Å². The summed E-state index contributed by atoms with van der Waals surface area (Å²) in [5, 5.41) is 9.64. The SMILES string of the molecule is CCCc1cn([C@H]2C[C@H](O)[C@@H](C)O2)c(=O)[nH]c1=O. The second-order valence-electron chi connectivity index (χ2n) is 4.67. The van der Waals surface area contributed by atoms with Gasteiger partial charge in [-0.05, 0) is 13.3 Å². The summed E-state index contributed by atoms with van der Waals surface area (Å²) in [6, 6.07) is 0. The van der Waals surface area contributed by atoms with E-state index in [-0.39, 0.29) is 11.7 Å². The molecule has 3 atom stereocenters. The molecule has 0 bridgehead atoms. The Morgan fingerprint density at radius 3 is 2.83 bits per heavy atom. The van der Waals surface area contributed by atoms with Crippen LogP contribution in [0.1, 0.15) is 38.5 Å². The van der Waals surface area contributed by atoms with Gasteiger partial charge in [-0.15, -0.1) is 0 Å². The molecule has 0 spiro atoms. The van der Waals surface area contributed by atoms with Gasteiger partial charge in [-0.2, -0.15) is 0 Å². The number of rotatable bonds is 3. The van der Waals surface area contributed by atoms with Gasteiger partial charge in [-0.3, -0.25) is 14.3 Å². The number of aromatic nitrogens is 2. The van der Waals surface area contributed by atoms with E-state index in [1.165, 1.54) is 4.57 Å². The number of nitrogens with one attached hydrogen (secondary N) is 1. The molecule has 18 heavy (non-hydrogen) atoms. The summed E-state index contributed by atoms with van der Waals surface area (Å²) < 4.78 is 6.86. The van der Waals surface area contributed by atoms with E-state index >= 15 is 0 Å². The van der Waals surface area contributed by atoms with Gasteiger partial charge in [0.2, 0.25) is 0 Å². The molecule has 6 heteroatoms. The normalized spacial score (nSPS) is 27.6. The van der Waals surface area contributed by atoms with Crippen molar-refractivity contribution < 1.29 is 9.84 Å². The molecule has 0 unspecified atom stereocenters. The molecule has 1 aromatic heterocycles. The van der Waals surface area contributed by atoms with Crippen LogP contribution < -0.4 is 11.2 Å². The van der Waals surface area contributed by atoms with Crippen molar-refractivity contribution in [1.82, 2.24) is 9.55 Å². The van der Waals surface area contributed by atoms with Crippen LogP contribution in [0.25, 0.3) is 0 Å². The molecule has 6 nitrogen and oxygen atoms in total. The lowest BCUT2D eigenvalue weighted by molar-refractivity contribution is -0.0102. The van der Waals surface area contributed by atoms with Crippen molar-refractivity contribution in [3.63, 3.8) is 0 Å². The number of aromatic amines is 1. The van der Waals surface area contributed by atoms with Crippen molar-refractivity contribution in [2.24, 2.45) is 0 Å². The molecule has 0 aromatic carbocycles. The van der Waals surface area contributed by atoms with E-state index < -0.39 is 18.0 Å². The zero-order valence-electron chi connectivity index (χ0n) is 10.5. The number of nitrogens with zero attached hydrogens (tertiary/aromatic N) is 1. The number of aryl methyl sites for hydroxylation is 1. The highest BCUT2D eigenvalue weighted by Crippen LogP contribution is 2.26. The summed E-state index contributed by atoms with van der Waals surface area (Å²) >= 11 is 0. The quantitative estimate of drug-likeness (QED) is 0.804. The van der Waals surface area contributed by atoms with E-state index in [1.807, 2.05) is 6.92 Å². The van der Waals surface area contributed by atoms with Crippen LogP contribution in [0.2, 0.25) is 0 Å². The van der Waals surface area contributed by atoms with Crippen molar-refractivity contribution in [2.75, 3.05) is 0 Å². The fraction of sp³-hybridized carbons (Fsp3) is 0.667. The van der Waals surface area contributed by atoms with Crippen LogP contribution >= 0.6 is 0 Å². The van der Waals surface area contributed by atoms with E-state index in [0.717, 1.165) is 6.42 Å². The zero-order valence-corrected chi connectivity index (χ0v) is 10.5. The van der Waals surface area contributed by atoms with Crippen LogP contribution in [0.4, 0.5) is 0 Å². The van der Waals surface area contributed by atoms with Crippen LogP contribution in [0.15, 0.2) is 15.8 Å². The highest BCUT2D eigenvalue weighted by atomic mass is 16.5. The van der Waals surface area contributed by atoms with Gasteiger partial charge in [0.05, 0.1) is 12.2 Å². The van der Waals surface area contributed by atoms with Crippen LogP contribution in [-0.2, 0) is 11.2 Å². The molecule has 1 fully saturated rings. The van der Waals surface area contributed by atoms with Crippen LogP contribution in [-0.4, -0.2) is 26.9 Å². The highest BCUT2D eigenvalue weighted by Gasteiger charge is 2.32. The first-order chi connectivity index (χ1) is 8.52. The molecule has 2 rings (SSSR count). The van der Waals surface area contributed by atoms with Crippen molar-refractivity contribution in [1.29, 1.82) is 0 Å². The second-order valence-corrected chi connectivity index (χ2v) is 4.67. The molecule has 1 saturated heterocycles. The molecule has 2 heterocycles. The van der Waals surface area contributed by atoms with Crippen LogP contribution in [0, 0.1) is 0 Å². The lowest BCUT2D eigenvalue weighted by Crippen LogP contribution is -2.34. The van der Waals surface area contributed by atoms with Gasteiger partial charge in [0.1, 0.15) is 6.23 Å². The molecule has 2 N–H and O–H groups in total. The predicted molar refractivity (Wildman–Crippen MR) is 65.5 cm³/mol. The third-order valence-corrected chi connectivity index (χ3v) is 3.23. The fourth-order valence-corrected chi connectivity index (χ4v) is 2.16. The summed E-state index contributed by atoms with van der Waals surface area (Å²) in [5.41, 5.74) is -0.273. The minimum atomic E-state index is -0.580. The Hall–Kier alpha value is -1.40. The Bertz CT molecular complexity index is 524. The lowest BCUT2D eigenvalue weighted by Gasteiger charge is -2.14. The summed E-state index contributed by atoms with van der Waals surface area (Å²) in [5.74, 6) is 0. The van der Waals surface area contributed by atoms with Gasteiger partial charge in [0.15, 0.2) is 0 Å². The maximum atomic E-state index is 11.7. The van der Waals surface area contributed by atoms with E-state index in [4.69, 9.17) is 4.74 Å². The number of H-pyrrole nitrogens is 1. The Kier molecular flexibility index (Phi) is 3.68. The maximum absolute atomic E-state index is 11.7. The average Bonchev–Trinajstić information content (AvgIpc) is 2.63. The van der Waals surface area contributed by atoms with Crippen LogP contribution in [0.5, 0.6) is 0 Å². The first kappa shape index (κ1) is 13.0. The smallest absolute Gasteiger partial charge is 0.330 e. The Morgan fingerprint density at radius 1 is 1.56 bits per heavy atom. The molecule has 1 aromatic rings. The number of hydrogen-bond acceptors (Lipinski definition) is 4. The summed E-state index contributed by atoms with van der Waals surface area (Å²) in [6.07, 6.45) is 1.95. The summed E-state index contributed by atoms with van der Waals surface area (Å²) in [7, 11) is 0. The van der Waals surface area contributed by atoms with Gasteiger partial charge in [-0.25, -0.2) is 4.79 Å².